The highest BCUT2D eigenvalue weighted by Crippen LogP contribution is 2.44. The highest BCUT2D eigenvalue weighted by molar-refractivity contribution is 5.98. The second-order valence-corrected chi connectivity index (χ2v) is 11.2. The molecule has 3 aromatic carbocycles. The maximum Gasteiger partial charge on any atom is 0.407 e. The second-order valence-electron chi connectivity index (χ2n) is 11.2. The number of hydrogen-bond donors (Lipinski definition) is 3. The zero-order chi connectivity index (χ0) is 30.3. The molecule has 1 atom stereocenters. The van der Waals surface area contributed by atoms with E-state index in [0.717, 1.165) is 22.3 Å². The third-order valence-corrected chi connectivity index (χ3v) is 6.92. The van der Waals surface area contributed by atoms with Gasteiger partial charge in [0.05, 0.1) is 5.56 Å². The number of hydrogen-bond acceptors (Lipinski definition) is 6. The van der Waals surface area contributed by atoms with Crippen molar-refractivity contribution in [3.8, 4) is 11.1 Å². The van der Waals surface area contributed by atoms with E-state index < -0.39 is 35.6 Å². The first-order chi connectivity index (χ1) is 20.0. The van der Waals surface area contributed by atoms with Crippen LogP contribution in [0.15, 0.2) is 72.8 Å². The van der Waals surface area contributed by atoms with Crippen LogP contribution in [0, 0.1) is 0 Å². The fourth-order valence-electron chi connectivity index (χ4n) is 4.91. The monoisotopic (exact) mass is 572 g/mol. The average molecular weight is 573 g/mol. The molecular formula is C33H36N2O7. The minimum atomic E-state index is -1.15. The molecule has 1 aliphatic carbocycles. The van der Waals surface area contributed by atoms with Gasteiger partial charge in [-0.15, -0.1) is 0 Å². The summed E-state index contributed by atoms with van der Waals surface area (Å²) in [4.78, 5) is 48.9. The summed E-state index contributed by atoms with van der Waals surface area (Å²) in [6, 6.07) is 20.9. The molecule has 220 valence electrons. The van der Waals surface area contributed by atoms with Gasteiger partial charge >= 0.3 is 18.0 Å². The molecule has 0 saturated carbocycles. The van der Waals surface area contributed by atoms with Crippen molar-refractivity contribution in [1.82, 2.24) is 10.6 Å². The van der Waals surface area contributed by atoms with Crippen molar-refractivity contribution in [3.05, 3.63) is 95.1 Å². The molecule has 0 bridgehead atoms. The van der Waals surface area contributed by atoms with Gasteiger partial charge in [-0.3, -0.25) is 4.79 Å². The molecule has 0 heterocycles. The minimum Gasteiger partial charge on any atom is -0.480 e. The number of unbranched alkanes of at least 4 members (excludes halogenated alkanes) is 1. The molecule has 1 aliphatic rings. The number of aliphatic carboxylic acids is 1. The van der Waals surface area contributed by atoms with Crippen molar-refractivity contribution in [3.63, 3.8) is 0 Å². The van der Waals surface area contributed by atoms with Crippen molar-refractivity contribution < 1.29 is 33.8 Å². The van der Waals surface area contributed by atoms with E-state index in [0.29, 0.717) is 24.9 Å². The Bertz CT molecular complexity index is 1400. The highest BCUT2D eigenvalue weighted by Gasteiger charge is 2.29. The maximum atomic E-state index is 12.6. The summed E-state index contributed by atoms with van der Waals surface area (Å²) in [5.74, 6) is -2.26. The Hall–Kier alpha value is -4.66. The molecule has 4 rings (SSSR count). The normalized spacial score (nSPS) is 12.9. The lowest BCUT2D eigenvalue weighted by Crippen LogP contribution is -2.40. The van der Waals surface area contributed by atoms with Crippen molar-refractivity contribution >= 4 is 23.9 Å². The van der Waals surface area contributed by atoms with Crippen molar-refractivity contribution in [2.75, 3.05) is 13.2 Å². The summed E-state index contributed by atoms with van der Waals surface area (Å²) in [5.41, 5.74) is 4.44. The van der Waals surface area contributed by atoms with Gasteiger partial charge in [-0.05, 0) is 86.6 Å². The van der Waals surface area contributed by atoms with E-state index in [4.69, 9.17) is 9.47 Å². The fourth-order valence-corrected chi connectivity index (χ4v) is 4.91. The van der Waals surface area contributed by atoms with Crippen LogP contribution in [0.3, 0.4) is 0 Å². The number of benzene rings is 3. The molecule has 0 aliphatic heterocycles. The third kappa shape index (κ3) is 7.75. The van der Waals surface area contributed by atoms with E-state index in [1.807, 2.05) is 24.3 Å². The number of ether oxygens (including phenoxy) is 2. The molecule has 3 N–H and O–H groups in total. The Labute approximate surface area is 245 Å². The van der Waals surface area contributed by atoms with Crippen LogP contribution < -0.4 is 10.6 Å². The van der Waals surface area contributed by atoms with Crippen LogP contribution >= 0.6 is 0 Å². The fraction of sp³-hybridized carbons (Fsp3) is 0.333. The Kier molecular flexibility index (Phi) is 9.62. The van der Waals surface area contributed by atoms with Gasteiger partial charge in [0.1, 0.15) is 18.2 Å². The smallest absolute Gasteiger partial charge is 0.407 e. The maximum absolute atomic E-state index is 12.6. The Balaban J connectivity index is 1.19. The zero-order valence-electron chi connectivity index (χ0n) is 24.0. The number of carbonyl (C=O) groups excluding carboxylic acids is 3. The van der Waals surface area contributed by atoms with Gasteiger partial charge in [0.25, 0.3) is 5.91 Å². The molecule has 0 aromatic heterocycles. The Morgan fingerprint density at radius 3 is 1.98 bits per heavy atom. The second kappa shape index (κ2) is 13.3. The summed E-state index contributed by atoms with van der Waals surface area (Å²) in [5, 5.41) is 14.8. The molecule has 9 heteroatoms. The molecule has 0 radical (unpaired) electrons. The predicted octanol–water partition coefficient (Wildman–Crippen LogP) is 5.53. The minimum absolute atomic E-state index is 0.0309. The quantitative estimate of drug-likeness (QED) is 0.203. The van der Waals surface area contributed by atoms with Crippen LogP contribution in [0.1, 0.15) is 77.8 Å². The number of alkyl carbamates (subject to hydrolysis) is 1. The van der Waals surface area contributed by atoms with Crippen molar-refractivity contribution in [2.45, 2.75) is 57.6 Å². The van der Waals surface area contributed by atoms with E-state index in [1.54, 1.807) is 20.8 Å². The van der Waals surface area contributed by atoms with Gasteiger partial charge in [-0.25, -0.2) is 14.4 Å². The first kappa shape index (κ1) is 30.3. The number of fused-ring (bicyclic) bond motifs is 3. The molecule has 0 fully saturated rings. The van der Waals surface area contributed by atoms with Gasteiger partial charge in [0.2, 0.25) is 0 Å². The van der Waals surface area contributed by atoms with Crippen molar-refractivity contribution in [2.24, 2.45) is 0 Å². The van der Waals surface area contributed by atoms with Crippen LogP contribution in [-0.2, 0) is 14.3 Å². The highest BCUT2D eigenvalue weighted by atomic mass is 16.6. The lowest BCUT2D eigenvalue weighted by molar-refractivity contribution is -0.139. The predicted molar refractivity (Wildman–Crippen MR) is 157 cm³/mol. The number of nitrogens with one attached hydrogen (secondary N) is 2. The summed E-state index contributed by atoms with van der Waals surface area (Å²) >= 11 is 0. The Morgan fingerprint density at radius 2 is 1.40 bits per heavy atom. The number of carbonyl (C=O) groups is 4. The molecule has 42 heavy (non-hydrogen) atoms. The first-order valence-electron chi connectivity index (χ1n) is 14.0. The van der Waals surface area contributed by atoms with Crippen molar-refractivity contribution in [1.29, 1.82) is 0 Å². The van der Waals surface area contributed by atoms with Crippen LogP contribution in [0.4, 0.5) is 4.79 Å². The summed E-state index contributed by atoms with van der Waals surface area (Å²) in [6.07, 6.45) is 0.617. The number of amides is 2. The van der Waals surface area contributed by atoms with Gasteiger partial charge < -0.3 is 25.2 Å². The van der Waals surface area contributed by atoms with Crippen LogP contribution in [0.5, 0.6) is 0 Å². The van der Waals surface area contributed by atoms with Gasteiger partial charge in [0, 0.05) is 18.0 Å². The largest absolute Gasteiger partial charge is 0.480 e. The summed E-state index contributed by atoms with van der Waals surface area (Å²) in [7, 11) is 0. The average Bonchev–Trinajstić information content (AvgIpc) is 3.28. The van der Waals surface area contributed by atoms with Crippen LogP contribution in [0.25, 0.3) is 11.1 Å². The first-order valence-corrected chi connectivity index (χ1v) is 14.0. The molecule has 2 amide bonds. The van der Waals surface area contributed by atoms with E-state index in [9.17, 15) is 24.3 Å². The lowest BCUT2D eigenvalue weighted by Gasteiger charge is -2.19. The standard InChI is InChI=1S/C33H36N2O7/c1-33(2,3)42-31(39)22-17-15-21(16-18-22)29(36)35-28(30(37)38)14-8-9-19-34-32(40)41-20-27-25-12-6-4-10-23(25)24-11-5-7-13-26(24)27/h4-7,10-13,15-18,27-28H,8-9,14,19-20H2,1-3H3,(H,34,40)(H,35,36)(H,37,38). The molecular weight excluding hydrogens is 536 g/mol. The zero-order valence-corrected chi connectivity index (χ0v) is 24.0. The topological polar surface area (TPSA) is 131 Å². The number of esters is 1. The SMILES string of the molecule is CC(C)(C)OC(=O)c1ccc(C(=O)NC(CCCCNC(=O)OCC2c3ccccc3-c3ccccc32)C(=O)O)cc1. The molecule has 1 unspecified atom stereocenters. The van der Waals surface area contributed by atoms with E-state index >= 15 is 0 Å². The number of carboxylic acids is 1. The Morgan fingerprint density at radius 1 is 0.833 bits per heavy atom. The van der Waals surface area contributed by atoms with Gasteiger partial charge in [-0.1, -0.05) is 48.5 Å². The van der Waals surface area contributed by atoms with E-state index in [1.165, 1.54) is 24.3 Å². The number of rotatable bonds is 11. The number of carboxylic acid groups (broad SMARTS) is 1. The summed E-state index contributed by atoms with van der Waals surface area (Å²) in [6.45, 7) is 5.80. The van der Waals surface area contributed by atoms with Gasteiger partial charge in [0.15, 0.2) is 0 Å². The van der Waals surface area contributed by atoms with Gasteiger partial charge in [-0.2, -0.15) is 0 Å². The lowest BCUT2D eigenvalue weighted by atomic mass is 9.98. The van der Waals surface area contributed by atoms with Crippen LogP contribution in [0.2, 0.25) is 0 Å². The molecule has 0 saturated heterocycles. The summed E-state index contributed by atoms with van der Waals surface area (Å²) < 4.78 is 10.8. The van der Waals surface area contributed by atoms with E-state index in [2.05, 4.69) is 34.9 Å². The molecule has 3 aromatic rings. The third-order valence-electron chi connectivity index (χ3n) is 6.92. The molecule has 0 spiro atoms. The van der Waals surface area contributed by atoms with E-state index in [-0.39, 0.29) is 24.5 Å². The molecule has 9 nitrogen and oxygen atoms in total. The van der Waals surface area contributed by atoms with Crippen LogP contribution in [-0.4, -0.2) is 53.8 Å².